The minimum atomic E-state index is -0.605. The SMILES string of the molecule is NC(=O)c1ccc(OC(=O)c2ccc(F)cc2)cc1. The van der Waals surface area contributed by atoms with Crippen LogP contribution in [0.4, 0.5) is 4.39 Å². The van der Waals surface area contributed by atoms with Gasteiger partial charge >= 0.3 is 5.97 Å². The number of hydrogen-bond donors (Lipinski definition) is 1. The zero-order valence-electron chi connectivity index (χ0n) is 9.80. The van der Waals surface area contributed by atoms with Crippen molar-refractivity contribution >= 4 is 11.9 Å². The van der Waals surface area contributed by atoms with Gasteiger partial charge in [-0.25, -0.2) is 9.18 Å². The van der Waals surface area contributed by atoms with E-state index in [2.05, 4.69) is 0 Å². The first-order valence-corrected chi connectivity index (χ1v) is 5.44. The second-order valence-corrected chi connectivity index (χ2v) is 3.79. The summed E-state index contributed by atoms with van der Waals surface area (Å²) in [5.41, 5.74) is 5.65. The molecule has 2 aromatic carbocycles. The molecule has 2 N–H and O–H groups in total. The third-order valence-electron chi connectivity index (χ3n) is 2.43. The predicted octanol–water partition coefficient (Wildman–Crippen LogP) is 2.14. The molecular formula is C14H10FNO3. The molecule has 19 heavy (non-hydrogen) atoms. The van der Waals surface area contributed by atoms with Crippen molar-refractivity contribution in [1.29, 1.82) is 0 Å². The molecule has 0 atom stereocenters. The number of hydrogen-bond acceptors (Lipinski definition) is 3. The fourth-order valence-electron chi connectivity index (χ4n) is 1.44. The molecule has 0 aliphatic rings. The number of amides is 1. The number of carbonyl (C=O) groups is 2. The summed E-state index contributed by atoms with van der Waals surface area (Å²) in [6, 6.07) is 10.8. The summed E-state index contributed by atoms with van der Waals surface area (Å²) in [5.74, 6) is -1.31. The number of ether oxygens (including phenoxy) is 1. The lowest BCUT2D eigenvalue weighted by Crippen LogP contribution is -2.11. The smallest absolute Gasteiger partial charge is 0.343 e. The topological polar surface area (TPSA) is 69.4 Å². The molecule has 0 aliphatic heterocycles. The van der Waals surface area contributed by atoms with E-state index in [9.17, 15) is 14.0 Å². The van der Waals surface area contributed by atoms with E-state index in [1.54, 1.807) is 0 Å². The number of esters is 1. The number of halogens is 1. The lowest BCUT2D eigenvalue weighted by Gasteiger charge is -2.04. The average Bonchev–Trinajstić information content (AvgIpc) is 2.40. The monoisotopic (exact) mass is 259 g/mol. The number of benzene rings is 2. The highest BCUT2D eigenvalue weighted by Gasteiger charge is 2.09. The molecule has 96 valence electrons. The summed E-state index contributed by atoms with van der Waals surface area (Å²) < 4.78 is 17.8. The van der Waals surface area contributed by atoms with E-state index in [0.717, 1.165) is 0 Å². The summed E-state index contributed by atoms with van der Waals surface area (Å²) in [6.45, 7) is 0. The van der Waals surface area contributed by atoms with Gasteiger partial charge in [-0.3, -0.25) is 4.79 Å². The summed E-state index contributed by atoms with van der Waals surface area (Å²) in [4.78, 5) is 22.6. The average molecular weight is 259 g/mol. The van der Waals surface area contributed by atoms with Crippen molar-refractivity contribution in [3.63, 3.8) is 0 Å². The molecule has 0 saturated carbocycles. The maximum atomic E-state index is 12.7. The normalized spacial score (nSPS) is 9.95. The van der Waals surface area contributed by atoms with Crippen LogP contribution in [0.25, 0.3) is 0 Å². The van der Waals surface area contributed by atoms with Gasteiger partial charge in [0.25, 0.3) is 0 Å². The van der Waals surface area contributed by atoms with E-state index < -0.39 is 17.7 Å². The summed E-state index contributed by atoms with van der Waals surface area (Å²) in [5, 5.41) is 0. The Balaban J connectivity index is 2.10. The summed E-state index contributed by atoms with van der Waals surface area (Å²) in [6.07, 6.45) is 0. The molecule has 0 aromatic heterocycles. The molecule has 2 rings (SSSR count). The van der Waals surface area contributed by atoms with E-state index >= 15 is 0 Å². The van der Waals surface area contributed by atoms with E-state index in [4.69, 9.17) is 10.5 Å². The zero-order valence-corrected chi connectivity index (χ0v) is 9.80. The van der Waals surface area contributed by atoms with Crippen LogP contribution in [0, 0.1) is 5.82 Å². The van der Waals surface area contributed by atoms with Crippen molar-refractivity contribution in [1.82, 2.24) is 0 Å². The summed E-state index contributed by atoms with van der Waals surface area (Å²) >= 11 is 0. The molecular weight excluding hydrogens is 249 g/mol. The first kappa shape index (κ1) is 12.8. The molecule has 4 nitrogen and oxygen atoms in total. The second-order valence-electron chi connectivity index (χ2n) is 3.79. The Hall–Kier alpha value is -2.69. The molecule has 5 heteroatoms. The third kappa shape index (κ3) is 3.16. The number of primary amides is 1. The Morgan fingerprint density at radius 1 is 0.895 bits per heavy atom. The van der Waals surface area contributed by atoms with Crippen LogP contribution in [0.5, 0.6) is 5.75 Å². The van der Waals surface area contributed by atoms with Gasteiger partial charge in [0.05, 0.1) is 5.56 Å². The molecule has 0 fully saturated rings. The van der Waals surface area contributed by atoms with Gasteiger partial charge in [0.2, 0.25) is 5.91 Å². The quantitative estimate of drug-likeness (QED) is 0.678. The van der Waals surface area contributed by atoms with E-state index in [1.807, 2.05) is 0 Å². The van der Waals surface area contributed by atoms with Crippen molar-refractivity contribution in [3.05, 3.63) is 65.5 Å². The Labute approximate surface area is 108 Å². The first-order chi connectivity index (χ1) is 9.06. The van der Waals surface area contributed by atoms with Crippen molar-refractivity contribution < 1.29 is 18.7 Å². The van der Waals surface area contributed by atoms with Crippen LogP contribution >= 0.6 is 0 Å². The van der Waals surface area contributed by atoms with Gasteiger partial charge in [0.15, 0.2) is 0 Å². The molecule has 0 aliphatic carbocycles. The van der Waals surface area contributed by atoms with Gasteiger partial charge in [-0.15, -0.1) is 0 Å². The van der Waals surface area contributed by atoms with Crippen LogP contribution in [0.2, 0.25) is 0 Å². The van der Waals surface area contributed by atoms with Crippen LogP contribution in [0.1, 0.15) is 20.7 Å². The minimum absolute atomic E-state index is 0.236. The predicted molar refractivity (Wildman–Crippen MR) is 66.3 cm³/mol. The number of nitrogens with two attached hydrogens (primary N) is 1. The highest BCUT2D eigenvalue weighted by molar-refractivity contribution is 5.93. The maximum absolute atomic E-state index is 12.7. The third-order valence-corrected chi connectivity index (χ3v) is 2.43. The van der Waals surface area contributed by atoms with E-state index in [1.165, 1.54) is 48.5 Å². The van der Waals surface area contributed by atoms with Gasteiger partial charge in [-0.2, -0.15) is 0 Å². The maximum Gasteiger partial charge on any atom is 0.343 e. The Bertz CT molecular complexity index is 606. The fourth-order valence-corrected chi connectivity index (χ4v) is 1.44. The van der Waals surface area contributed by atoms with E-state index in [0.29, 0.717) is 5.56 Å². The van der Waals surface area contributed by atoms with Gasteiger partial charge in [-0.1, -0.05) is 0 Å². The molecule has 0 spiro atoms. The van der Waals surface area contributed by atoms with Gasteiger partial charge < -0.3 is 10.5 Å². The molecule has 0 bridgehead atoms. The van der Waals surface area contributed by atoms with Crippen LogP contribution in [-0.2, 0) is 0 Å². The number of rotatable bonds is 3. The fraction of sp³-hybridized carbons (Fsp3) is 0. The Morgan fingerprint density at radius 3 is 1.95 bits per heavy atom. The molecule has 1 amide bonds. The molecule has 2 aromatic rings. The zero-order chi connectivity index (χ0) is 13.8. The minimum Gasteiger partial charge on any atom is -0.423 e. The van der Waals surface area contributed by atoms with Crippen LogP contribution < -0.4 is 10.5 Å². The Kier molecular flexibility index (Phi) is 3.56. The summed E-state index contributed by atoms with van der Waals surface area (Å²) in [7, 11) is 0. The molecule has 0 heterocycles. The van der Waals surface area contributed by atoms with Crippen molar-refractivity contribution in [2.75, 3.05) is 0 Å². The molecule has 0 saturated heterocycles. The van der Waals surface area contributed by atoms with E-state index in [-0.39, 0.29) is 11.3 Å². The van der Waals surface area contributed by atoms with Crippen LogP contribution in [-0.4, -0.2) is 11.9 Å². The van der Waals surface area contributed by atoms with Crippen molar-refractivity contribution in [2.24, 2.45) is 5.73 Å². The van der Waals surface area contributed by atoms with Crippen molar-refractivity contribution in [2.45, 2.75) is 0 Å². The first-order valence-electron chi connectivity index (χ1n) is 5.44. The highest BCUT2D eigenvalue weighted by atomic mass is 19.1. The highest BCUT2D eigenvalue weighted by Crippen LogP contribution is 2.14. The van der Waals surface area contributed by atoms with Crippen LogP contribution in [0.3, 0.4) is 0 Å². The van der Waals surface area contributed by atoms with Crippen molar-refractivity contribution in [3.8, 4) is 5.75 Å². The lowest BCUT2D eigenvalue weighted by molar-refractivity contribution is 0.0734. The van der Waals surface area contributed by atoms with Gasteiger partial charge in [0, 0.05) is 5.56 Å². The lowest BCUT2D eigenvalue weighted by atomic mass is 10.2. The Morgan fingerprint density at radius 2 is 1.42 bits per heavy atom. The molecule has 0 unspecified atom stereocenters. The standard InChI is InChI=1S/C14H10FNO3/c15-11-5-1-10(2-6-11)14(18)19-12-7-3-9(4-8-12)13(16)17/h1-8H,(H2,16,17). The largest absolute Gasteiger partial charge is 0.423 e. The molecule has 0 radical (unpaired) electrons. The number of carbonyl (C=O) groups excluding carboxylic acids is 2. The van der Waals surface area contributed by atoms with Crippen LogP contribution in [0.15, 0.2) is 48.5 Å². The van der Waals surface area contributed by atoms with Gasteiger partial charge in [0.1, 0.15) is 11.6 Å². The van der Waals surface area contributed by atoms with Gasteiger partial charge in [-0.05, 0) is 48.5 Å². The second kappa shape index (κ2) is 5.30.